The summed E-state index contributed by atoms with van der Waals surface area (Å²) >= 11 is 6.06. The summed E-state index contributed by atoms with van der Waals surface area (Å²) in [5.41, 5.74) is 17.2. The van der Waals surface area contributed by atoms with Crippen LogP contribution in [0.5, 0.6) is 0 Å². The van der Waals surface area contributed by atoms with E-state index in [2.05, 4.69) is 16.0 Å². The Morgan fingerprint density at radius 2 is 1.90 bits per heavy atom. The van der Waals surface area contributed by atoms with Gasteiger partial charge in [-0.15, -0.1) is 0 Å². The summed E-state index contributed by atoms with van der Waals surface area (Å²) in [6.45, 7) is 0.601. The number of anilines is 4. The van der Waals surface area contributed by atoms with Crippen molar-refractivity contribution in [3.8, 4) is 17.2 Å². The lowest BCUT2D eigenvalue weighted by Gasteiger charge is -2.23. The van der Waals surface area contributed by atoms with E-state index in [1.165, 1.54) is 6.07 Å². The second kappa shape index (κ2) is 7.11. The van der Waals surface area contributed by atoms with E-state index in [-0.39, 0.29) is 10.8 Å². The Bertz CT molecular complexity index is 1410. The van der Waals surface area contributed by atoms with Gasteiger partial charge in [-0.05, 0) is 47.9 Å². The van der Waals surface area contributed by atoms with Gasteiger partial charge in [0.05, 0.1) is 27.5 Å². The molecule has 4 aromatic rings. The topological polar surface area (TPSA) is 105 Å². The molecule has 5 rings (SSSR count). The minimum Gasteiger partial charge on any atom is -0.396 e. The van der Waals surface area contributed by atoms with Gasteiger partial charge in [-0.25, -0.2) is 9.37 Å². The largest absolute Gasteiger partial charge is 0.396 e. The van der Waals surface area contributed by atoms with Crippen molar-refractivity contribution in [2.45, 2.75) is 6.42 Å². The number of hydrogen-bond donors (Lipinski definition) is 2. The minimum absolute atomic E-state index is 0.0478. The van der Waals surface area contributed by atoms with Gasteiger partial charge >= 0.3 is 0 Å². The molecule has 0 saturated heterocycles. The molecule has 0 aliphatic carbocycles. The van der Waals surface area contributed by atoms with Gasteiger partial charge < -0.3 is 16.4 Å². The summed E-state index contributed by atoms with van der Waals surface area (Å²) in [5, 5.41) is 10.6. The first-order chi connectivity index (χ1) is 15.0. The maximum Gasteiger partial charge on any atom is 0.146 e. The molecule has 0 unspecified atom stereocenters. The Balaban J connectivity index is 1.74. The molecule has 6 nitrogen and oxygen atoms in total. The average Bonchev–Trinajstić information content (AvgIpc) is 3.16. The molecule has 4 N–H and O–H groups in total. The van der Waals surface area contributed by atoms with Crippen LogP contribution in [0.3, 0.4) is 0 Å². The Labute approximate surface area is 182 Å². The van der Waals surface area contributed by atoms with E-state index in [1.807, 2.05) is 23.1 Å². The summed E-state index contributed by atoms with van der Waals surface area (Å²) < 4.78 is 14.0. The molecule has 0 radical (unpaired) electrons. The number of nitriles is 1. The number of hydrogen-bond acceptors (Lipinski definition) is 6. The maximum absolute atomic E-state index is 14.0. The highest BCUT2D eigenvalue weighted by Crippen LogP contribution is 2.42. The molecule has 1 aliphatic heterocycles. The number of rotatable bonds is 2. The number of nitrogen functional groups attached to an aromatic ring is 2. The summed E-state index contributed by atoms with van der Waals surface area (Å²) in [7, 11) is 0. The van der Waals surface area contributed by atoms with E-state index >= 15 is 0 Å². The van der Waals surface area contributed by atoms with Gasteiger partial charge in [0, 0.05) is 35.6 Å². The van der Waals surface area contributed by atoms with Crippen LogP contribution in [0, 0.1) is 17.1 Å². The highest BCUT2D eigenvalue weighted by Gasteiger charge is 2.26. The van der Waals surface area contributed by atoms with Gasteiger partial charge in [0.15, 0.2) is 0 Å². The quantitative estimate of drug-likeness (QED) is 0.472. The molecule has 0 fully saturated rings. The standard InChI is InChI=1S/C23H16ClFN6/c24-17-8-21-13(6-18(17)25)3-4-31(21)22-15(9-26)11-29-20-2-1-12(5-16(20)22)14-7-19(27)23(28)30-10-14/h1-2,5-8,10-11H,3-4,27H2,(H2,28,30). The first-order valence-electron chi connectivity index (χ1n) is 9.56. The van der Waals surface area contributed by atoms with E-state index in [0.717, 1.165) is 33.3 Å². The number of pyridine rings is 2. The molecule has 8 heteroatoms. The maximum atomic E-state index is 14.0. The van der Waals surface area contributed by atoms with E-state index in [1.54, 1.807) is 24.5 Å². The summed E-state index contributed by atoms with van der Waals surface area (Å²) in [5.74, 6) is -0.172. The number of halogens is 2. The zero-order chi connectivity index (χ0) is 21.7. The van der Waals surface area contributed by atoms with Crippen molar-refractivity contribution in [2.75, 3.05) is 22.9 Å². The van der Waals surface area contributed by atoms with Crippen LogP contribution >= 0.6 is 11.6 Å². The first-order valence-corrected chi connectivity index (χ1v) is 9.93. The monoisotopic (exact) mass is 430 g/mol. The molecule has 0 amide bonds. The molecule has 0 atom stereocenters. The zero-order valence-electron chi connectivity index (χ0n) is 16.2. The summed E-state index contributed by atoms with van der Waals surface area (Å²) in [6.07, 6.45) is 3.86. The Morgan fingerprint density at radius 1 is 1.06 bits per heavy atom. The third kappa shape index (κ3) is 3.09. The smallest absolute Gasteiger partial charge is 0.146 e. The van der Waals surface area contributed by atoms with E-state index in [4.69, 9.17) is 23.1 Å². The van der Waals surface area contributed by atoms with Crippen LogP contribution in [0.2, 0.25) is 5.02 Å². The highest BCUT2D eigenvalue weighted by molar-refractivity contribution is 6.31. The normalized spacial score (nSPS) is 12.7. The van der Waals surface area contributed by atoms with Crippen LogP contribution in [-0.2, 0) is 6.42 Å². The van der Waals surface area contributed by atoms with E-state index in [0.29, 0.717) is 29.9 Å². The van der Waals surface area contributed by atoms with Crippen molar-refractivity contribution in [3.63, 3.8) is 0 Å². The number of benzene rings is 2. The predicted octanol–water partition coefficient (Wildman–Crippen LogP) is 4.82. The van der Waals surface area contributed by atoms with Crippen LogP contribution in [-0.4, -0.2) is 16.5 Å². The number of aromatic nitrogens is 2. The molecular weight excluding hydrogens is 415 g/mol. The van der Waals surface area contributed by atoms with E-state index < -0.39 is 5.82 Å². The van der Waals surface area contributed by atoms with Gasteiger partial charge in [0.25, 0.3) is 0 Å². The molecule has 3 heterocycles. The fraction of sp³-hybridized carbons (Fsp3) is 0.0870. The van der Waals surface area contributed by atoms with Gasteiger partial charge in [-0.1, -0.05) is 17.7 Å². The molecule has 0 saturated carbocycles. The van der Waals surface area contributed by atoms with E-state index in [9.17, 15) is 9.65 Å². The summed E-state index contributed by atoms with van der Waals surface area (Å²) in [4.78, 5) is 10.6. The summed E-state index contributed by atoms with van der Waals surface area (Å²) in [6, 6.07) is 12.8. The van der Waals surface area contributed by atoms with Crippen LogP contribution in [0.4, 0.5) is 27.3 Å². The molecular formula is C23H16ClFN6. The minimum atomic E-state index is -0.446. The fourth-order valence-corrected chi connectivity index (χ4v) is 4.15. The Morgan fingerprint density at radius 3 is 2.68 bits per heavy atom. The number of fused-ring (bicyclic) bond motifs is 2. The molecule has 0 bridgehead atoms. The van der Waals surface area contributed by atoms with Crippen LogP contribution in [0.1, 0.15) is 11.1 Å². The second-order valence-electron chi connectivity index (χ2n) is 7.36. The lowest BCUT2D eigenvalue weighted by Crippen LogP contribution is -2.15. The van der Waals surface area contributed by atoms with Gasteiger partial charge in [0.1, 0.15) is 17.7 Å². The molecule has 31 heavy (non-hydrogen) atoms. The van der Waals surface area contributed by atoms with Gasteiger partial charge in [0.2, 0.25) is 0 Å². The third-order valence-electron chi connectivity index (χ3n) is 5.53. The van der Waals surface area contributed by atoms with Crippen molar-refractivity contribution in [2.24, 2.45) is 0 Å². The van der Waals surface area contributed by atoms with Crippen LogP contribution in [0.25, 0.3) is 22.0 Å². The first kappa shape index (κ1) is 19.1. The zero-order valence-corrected chi connectivity index (χ0v) is 17.0. The van der Waals surface area contributed by atoms with Crippen molar-refractivity contribution in [1.29, 1.82) is 5.26 Å². The average molecular weight is 431 g/mol. The van der Waals surface area contributed by atoms with Gasteiger partial charge in [-0.2, -0.15) is 5.26 Å². The third-order valence-corrected chi connectivity index (χ3v) is 5.82. The number of nitrogens with two attached hydrogens (primary N) is 2. The van der Waals surface area contributed by atoms with Crippen molar-refractivity contribution < 1.29 is 4.39 Å². The Kier molecular flexibility index (Phi) is 4.38. The SMILES string of the molecule is N#Cc1cnc2ccc(-c3cnc(N)c(N)c3)cc2c1N1CCc2cc(F)c(Cl)cc21. The van der Waals surface area contributed by atoms with Crippen molar-refractivity contribution in [1.82, 2.24) is 9.97 Å². The lowest BCUT2D eigenvalue weighted by atomic mass is 10.0. The highest BCUT2D eigenvalue weighted by atomic mass is 35.5. The van der Waals surface area contributed by atoms with Crippen LogP contribution in [0.15, 0.2) is 48.8 Å². The fourth-order valence-electron chi connectivity index (χ4n) is 4.00. The second-order valence-corrected chi connectivity index (χ2v) is 7.77. The van der Waals surface area contributed by atoms with Crippen molar-refractivity contribution >= 4 is 45.4 Å². The molecule has 2 aromatic heterocycles. The van der Waals surface area contributed by atoms with Crippen LogP contribution < -0.4 is 16.4 Å². The molecule has 2 aromatic carbocycles. The van der Waals surface area contributed by atoms with Gasteiger partial charge in [-0.3, -0.25) is 4.98 Å². The van der Waals surface area contributed by atoms with Crippen molar-refractivity contribution in [3.05, 3.63) is 70.8 Å². The number of nitrogens with zero attached hydrogens (tertiary/aromatic N) is 4. The molecule has 1 aliphatic rings. The lowest BCUT2D eigenvalue weighted by molar-refractivity contribution is 0.627. The molecule has 0 spiro atoms. The molecule has 152 valence electrons. The Hall–Kier alpha value is -3.89. The predicted molar refractivity (Wildman–Crippen MR) is 121 cm³/mol.